The number of alkyl halides is 3. The van der Waals surface area contributed by atoms with Gasteiger partial charge in [-0.25, -0.2) is 9.18 Å². The molecule has 10 nitrogen and oxygen atoms in total. The van der Waals surface area contributed by atoms with Crippen LogP contribution in [0.3, 0.4) is 0 Å². The van der Waals surface area contributed by atoms with E-state index in [2.05, 4.69) is 16.0 Å². The minimum Gasteiger partial charge on any atom is -0.482 e. The molecule has 16 heteroatoms. The second-order valence-corrected chi connectivity index (χ2v) is 14.2. The normalized spacial score (nSPS) is 13.5. The molecule has 270 valence electrons. The number of hydrogen-bond donors (Lipinski definition) is 3. The number of carbonyl (C=O) groups is 5. The number of ketones is 1. The summed E-state index contributed by atoms with van der Waals surface area (Å²) in [5.74, 6) is -7.13. The van der Waals surface area contributed by atoms with Crippen molar-refractivity contribution in [2.75, 3.05) is 6.61 Å². The number of hydrogen-bond acceptors (Lipinski definition) is 8. The van der Waals surface area contributed by atoms with Gasteiger partial charge in [0.15, 0.2) is 6.61 Å². The molecule has 3 amide bonds. The minimum atomic E-state index is -5.26. The fourth-order valence-corrected chi connectivity index (χ4v) is 5.48. The van der Waals surface area contributed by atoms with Crippen molar-refractivity contribution in [1.29, 1.82) is 0 Å². The largest absolute Gasteiger partial charge is 0.482 e. The molecule has 3 atom stereocenters. The second kappa shape index (κ2) is 16.9. The van der Waals surface area contributed by atoms with Gasteiger partial charge in [-0.05, 0) is 74.2 Å². The van der Waals surface area contributed by atoms with Crippen LogP contribution in [-0.4, -0.2) is 59.9 Å². The Morgan fingerprint density at radius 1 is 0.880 bits per heavy atom. The van der Waals surface area contributed by atoms with Gasteiger partial charge in [0.25, 0.3) is 11.7 Å². The van der Waals surface area contributed by atoms with Gasteiger partial charge in [0, 0.05) is 6.42 Å². The van der Waals surface area contributed by atoms with Gasteiger partial charge in [0.2, 0.25) is 11.8 Å². The maximum atomic E-state index is 14.0. The van der Waals surface area contributed by atoms with E-state index >= 15 is 0 Å². The Balaban J connectivity index is 1.95. The molecule has 50 heavy (non-hydrogen) atoms. The van der Waals surface area contributed by atoms with Gasteiger partial charge >= 0.3 is 12.1 Å². The van der Waals surface area contributed by atoms with Crippen molar-refractivity contribution >= 4 is 52.4 Å². The van der Waals surface area contributed by atoms with Crippen LogP contribution in [0.2, 0.25) is 4.34 Å². The van der Waals surface area contributed by atoms with Gasteiger partial charge < -0.3 is 25.4 Å². The van der Waals surface area contributed by atoms with Crippen LogP contribution in [0.4, 0.5) is 17.6 Å². The maximum Gasteiger partial charge on any atom is 0.452 e. The summed E-state index contributed by atoms with van der Waals surface area (Å²) >= 11 is 6.89. The number of nitrogens with one attached hydrogen (secondary N) is 3. The molecule has 2 aromatic carbocycles. The highest BCUT2D eigenvalue weighted by molar-refractivity contribution is 7.18. The standard InChI is InChI=1S/C34H36ClF4N3O7S/c1-18(2)27(29(44)34(37,38)39)41-32(47)28(20-9-11-22(12-10-20)48-17-26(43)49-33(3,4)5)42-30(45)23(16-19-7-6-8-21(36)15-19)40-31(46)24-13-14-25(35)50-24/h6-15,18,23,27-28H,16-17H2,1-5H3,(H,40,46)(H,41,47)(H,42,45)/t23-,27-,28-/m0/s1. The topological polar surface area (TPSA) is 140 Å². The predicted molar refractivity (Wildman–Crippen MR) is 177 cm³/mol. The van der Waals surface area contributed by atoms with Gasteiger partial charge in [-0.1, -0.05) is 49.7 Å². The zero-order valence-electron chi connectivity index (χ0n) is 27.7. The summed E-state index contributed by atoms with van der Waals surface area (Å²) in [6, 6.07) is 8.33. The number of Topliss-reactive ketones (excluding diaryl/α,β-unsaturated/α-hetero) is 1. The highest BCUT2D eigenvalue weighted by Gasteiger charge is 2.45. The third kappa shape index (κ3) is 12.1. The van der Waals surface area contributed by atoms with Crippen molar-refractivity contribution < 1.29 is 51.0 Å². The highest BCUT2D eigenvalue weighted by Crippen LogP contribution is 2.25. The molecular weight excluding hydrogens is 706 g/mol. The molecule has 0 spiro atoms. The fourth-order valence-electron chi connectivity index (χ4n) is 4.54. The van der Waals surface area contributed by atoms with Crippen LogP contribution < -0.4 is 20.7 Å². The van der Waals surface area contributed by atoms with Crippen LogP contribution in [0.1, 0.15) is 61.5 Å². The molecular formula is C34H36ClF4N3O7S. The summed E-state index contributed by atoms with van der Waals surface area (Å²) in [4.78, 5) is 64.9. The van der Waals surface area contributed by atoms with Crippen molar-refractivity contribution in [2.45, 2.75) is 70.9 Å². The second-order valence-electron chi connectivity index (χ2n) is 12.4. The minimum absolute atomic E-state index is 0.0447. The summed E-state index contributed by atoms with van der Waals surface area (Å²) in [7, 11) is 0. The molecule has 1 heterocycles. The Morgan fingerprint density at radius 3 is 2.08 bits per heavy atom. The SMILES string of the molecule is CC(C)[C@H](NC(=O)[C@@H](NC(=O)[C@H](Cc1cccc(F)c1)NC(=O)c1ccc(Cl)s1)c1ccc(OCC(=O)OC(C)(C)C)cc1)C(=O)C(F)(F)F. The van der Waals surface area contributed by atoms with Gasteiger partial charge in [-0.2, -0.15) is 13.2 Å². The Kier molecular flexibility index (Phi) is 13.5. The summed E-state index contributed by atoms with van der Waals surface area (Å²) in [6.07, 6.45) is -5.51. The van der Waals surface area contributed by atoms with E-state index < -0.39 is 77.7 Å². The van der Waals surface area contributed by atoms with E-state index in [1.165, 1.54) is 68.4 Å². The molecule has 0 aliphatic rings. The number of rotatable bonds is 14. The molecule has 3 N–H and O–H groups in total. The van der Waals surface area contributed by atoms with Crippen LogP contribution in [0, 0.1) is 11.7 Å². The number of halogens is 5. The van der Waals surface area contributed by atoms with Gasteiger partial charge in [0.1, 0.15) is 29.3 Å². The smallest absolute Gasteiger partial charge is 0.452 e. The summed E-state index contributed by atoms with van der Waals surface area (Å²) in [5.41, 5.74) is -0.408. The quantitative estimate of drug-likeness (QED) is 0.142. The van der Waals surface area contributed by atoms with Crippen LogP contribution in [0.25, 0.3) is 0 Å². The molecule has 0 saturated carbocycles. The lowest BCUT2D eigenvalue weighted by atomic mass is 9.97. The zero-order chi connectivity index (χ0) is 37.4. The van der Waals surface area contributed by atoms with E-state index in [9.17, 15) is 41.5 Å². The third-order valence-corrected chi connectivity index (χ3v) is 8.04. The molecule has 0 aliphatic carbocycles. The number of thiophene rings is 1. The van der Waals surface area contributed by atoms with Gasteiger partial charge in [-0.15, -0.1) is 11.3 Å². The molecule has 1 aromatic heterocycles. The van der Waals surface area contributed by atoms with Crippen molar-refractivity contribution in [3.63, 3.8) is 0 Å². The summed E-state index contributed by atoms with van der Waals surface area (Å²) in [5, 5.41) is 7.10. The molecule has 0 aliphatic heterocycles. The molecule has 0 bridgehead atoms. The number of carbonyl (C=O) groups excluding carboxylic acids is 5. The lowest BCUT2D eigenvalue weighted by Crippen LogP contribution is -2.55. The molecule has 0 radical (unpaired) electrons. The lowest BCUT2D eigenvalue weighted by molar-refractivity contribution is -0.175. The zero-order valence-corrected chi connectivity index (χ0v) is 29.2. The molecule has 0 saturated heterocycles. The van der Waals surface area contributed by atoms with Crippen molar-refractivity contribution in [1.82, 2.24) is 16.0 Å². The summed E-state index contributed by atoms with van der Waals surface area (Å²) < 4.78 is 65.2. The monoisotopic (exact) mass is 741 g/mol. The van der Waals surface area contributed by atoms with E-state index in [1.54, 1.807) is 20.8 Å². The molecule has 0 unspecified atom stereocenters. The number of amides is 3. The summed E-state index contributed by atoms with van der Waals surface area (Å²) in [6.45, 7) is 7.19. The van der Waals surface area contributed by atoms with Gasteiger partial charge in [0.05, 0.1) is 15.3 Å². The van der Waals surface area contributed by atoms with E-state index in [0.717, 1.165) is 17.4 Å². The Bertz CT molecular complexity index is 1690. The van der Waals surface area contributed by atoms with Crippen LogP contribution >= 0.6 is 22.9 Å². The first-order valence-electron chi connectivity index (χ1n) is 15.2. The Hall–Kier alpha value is -4.50. The van der Waals surface area contributed by atoms with Crippen LogP contribution in [0.5, 0.6) is 5.75 Å². The average molecular weight is 742 g/mol. The highest BCUT2D eigenvalue weighted by atomic mass is 35.5. The fraction of sp³-hybridized carbons (Fsp3) is 0.382. The van der Waals surface area contributed by atoms with E-state index in [-0.39, 0.29) is 22.6 Å². The van der Waals surface area contributed by atoms with E-state index in [4.69, 9.17) is 21.1 Å². The third-order valence-electron chi connectivity index (χ3n) is 6.81. The van der Waals surface area contributed by atoms with Gasteiger partial charge in [-0.3, -0.25) is 19.2 Å². The van der Waals surface area contributed by atoms with Crippen molar-refractivity contribution in [3.05, 3.63) is 86.8 Å². The van der Waals surface area contributed by atoms with E-state index in [0.29, 0.717) is 9.90 Å². The number of ether oxygens (including phenoxy) is 2. The average Bonchev–Trinajstić information content (AvgIpc) is 3.46. The molecule has 3 rings (SSSR count). The van der Waals surface area contributed by atoms with Crippen molar-refractivity contribution in [3.8, 4) is 5.75 Å². The van der Waals surface area contributed by atoms with Crippen LogP contribution in [-0.2, 0) is 30.3 Å². The Labute approximate surface area is 294 Å². The number of benzene rings is 2. The van der Waals surface area contributed by atoms with E-state index in [1.807, 2.05) is 0 Å². The maximum absolute atomic E-state index is 14.0. The first-order chi connectivity index (χ1) is 23.2. The number of esters is 1. The van der Waals surface area contributed by atoms with Crippen LogP contribution in [0.15, 0.2) is 60.7 Å². The predicted octanol–water partition coefficient (Wildman–Crippen LogP) is 5.73. The first kappa shape index (κ1) is 39.9. The molecule has 0 fully saturated rings. The lowest BCUT2D eigenvalue weighted by Gasteiger charge is -2.27. The van der Waals surface area contributed by atoms with Crippen molar-refractivity contribution in [2.24, 2.45) is 5.92 Å². The first-order valence-corrected chi connectivity index (χ1v) is 16.4. The molecule has 3 aromatic rings. The Morgan fingerprint density at radius 2 is 1.54 bits per heavy atom.